The van der Waals surface area contributed by atoms with Crippen molar-refractivity contribution in [2.24, 2.45) is 0 Å². The maximum atomic E-state index is 13.3. The highest BCUT2D eigenvalue weighted by Crippen LogP contribution is 2.30. The second-order valence-corrected chi connectivity index (χ2v) is 4.60. The summed E-state index contributed by atoms with van der Waals surface area (Å²) < 4.78 is 26.6. The van der Waals surface area contributed by atoms with Crippen LogP contribution in [0.1, 0.15) is 30.9 Å². The molecule has 3 heteroatoms. The van der Waals surface area contributed by atoms with Gasteiger partial charge in [-0.2, -0.15) is 0 Å². The summed E-state index contributed by atoms with van der Waals surface area (Å²) in [6, 6.07) is 4.47. The summed E-state index contributed by atoms with van der Waals surface area (Å²) >= 11 is 0. The summed E-state index contributed by atoms with van der Waals surface area (Å²) in [7, 11) is 0. The standard InChI is InChI=1S/C14H15F2N/c1-8(2)10-5-12(15)13(16)6-11(10)14-4-9(3)7-17-14/h4-8,17H,1-3H3. The molecule has 1 heterocycles. The molecule has 0 aliphatic rings. The zero-order valence-electron chi connectivity index (χ0n) is 10.1. The molecule has 90 valence electrons. The van der Waals surface area contributed by atoms with Crippen LogP contribution in [0.15, 0.2) is 24.4 Å². The Morgan fingerprint density at radius 1 is 1.06 bits per heavy atom. The molecule has 2 aromatic rings. The summed E-state index contributed by atoms with van der Waals surface area (Å²) in [4.78, 5) is 3.07. The summed E-state index contributed by atoms with van der Waals surface area (Å²) in [5.41, 5.74) is 3.43. The number of aromatic amines is 1. The molecule has 0 aliphatic carbocycles. The van der Waals surface area contributed by atoms with Crippen molar-refractivity contribution < 1.29 is 8.78 Å². The summed E-state index contributed by atoms with van der Waals surface area (Å²) in [6.07, 6.45) is 1.85. The Labute approximate surface area is 99.5 Å². The van der Waals surface area contributed by atoms with Crippen molar-refractivity contribution in [1.29, 1.82) is 0 Å². The minimum atomic E-state index is -0.809. The molecular weight excluding hydrogens is 220 g/mol. The Bertz CT molecular complexity index is 541. The monoisotopic (exact) mass is 235 g/mol. The normalized spacial score (nSPS) is 11.2. The zero-order valence-corrected chi connectivity index (χ0v) is 10.1. The fraction of sp³-hybridized carbons (Fsp3) is 0.286. The third kappa shape index (κ3) is 2.23. The number of aryl methyl sites for hydroxylation is 1. The molecule has 0 fully saturated rings. The van der Waals surface area contributed by atoms with Gasteiger partial charge in [0.1, 0.15) is 0 Å². The van der Waals surface area contributed by atoms with Gasteiger partial charge in [-0.3, -0.25) is 0 Å². The smallest absolute Gasteiger partial charge is 0.159 e. The van der Waals surface area contributed by atoms with E-state index in [4.69, 9.17) is 0 Å². The topological polar surface area (TPSA) is 15.8 Å². The van der Waals surface area contributed by atoms with Gasteiger partial charge in [0, 0.05) is 17.5 Å². The van der Waals surface area contributed by atoms with Crippen molar-refractivity contribution in [3.63, 3.8) is 0 Å². The van der Waals surface area contributed by atoms with E-state index in [2.05, 4.69) is 4.98 Å². The van der Waals surface area contributed by atoms with Crippen LogP contribution in [0.4, 0.5) is 8.78 Å². The first-order valence-corrected chi connectivity index (χ1v) is 5.63. The molecule has 0 saturated carbocycles. The van der Waals surface area contributed by atoms with Crippen LogP contribution in [-0.2, 0) is 0 Å². The van der Waals surface area contributed by atoms with E-state index in [0.717, 1.165) is 22.4 Å². The van der Waals surface area contributed by atoms with Gasteiger partial charge in [0.05, 0.1) is 0 Å². The predicted octanol–water partition coefficient (Wildman–Crippen LogP) is 4.39. The Hall–Kier alpha value is -1.64. The van der Waals surface area contributed by atoms with Crippen molar-refractivity contribution in [3.05, 3.63) is 47.2 Å². The fourth-order valence-electron chi connectivity index (χ4n) is 1.93. The van der Waals surface area contributed by atoms with E-state index in [1.807, 2.05) is 33.0 Å². The largest absolute Gasteiger partial charge is 0.361 e. The molecule has 17 heavy (non-hydrogen) atoms. The minimum Gasteiger partial charge on any atom is -0.361 e. The number of hydrogen-bond donors (Lipinski definition) is 1. The Kier molecular flexibility index (Phi) is 3.01. The molecule has 1 N–H and O–H groups in total. The molecule has 0 atom stereocenters. The number of aromatic nitrogens is 1. The number of benzene rings is 1. The van der Waals surface area contributed by atoms with Crippen LogP contribution >= 0.6 is 0 Å². The van der Waals surface area contributed by atoms with E-state index in [1.54, 1.807) is 0 Å². The predicted molar refractivity (Wildman–Crippen MR) is 65.0 cm³/mol. The first-order valence-electron chi connectivity index (χ1n) is 5.63. The van der Waals surface area contributed by atoms with Crippen LogP contribution < -0.4 is 0 Å². The summed E-state index contributed by atoms with van der Waals surface area (Å²) in [5.74, 6) is -1.46. The number of H-pyrrole nitrogens is 1. The van der Waals surface area contributed by atoms with E-state index in [0.29, 0.717) is 0 Å². The van der Waals surface area contributed by atoms with E-state index >= 15 is 0 Å². The molecule has 0 spiro atoms. The molecule has 0 aliphatic heterocycles. The maximum Gasteiger partial charge on any atom is 0.159 e. The van der Waals surface area contributed by atoms with Crippen molar-refractivity contribution in [3.8, 4) is 11.3 Å². The van der Waals surface area contributed by atoms with Gasteiger partial charge in [-0.05, 0) is 42.2 Å². The highest BCUT2D eigenvalue weighted by Gasteiger charge is 2.14. The molecule has 0 radical (unpaired) electrons. The van der Waals surface area contributed by atoms with Crippen LogP contribution in [0.25, 0.3) is 11.3 Å². The maximum absolute atomic E-state index is 13.3. The third-order valence-electron chi connectivity index (χ3n) is 2.83. The molecule has 1 aromatic carbocycles. The Morgan fingerprint density at radius 2 is 1.71 bits per heavy atom. The molecule has 1 aromatic heterocycles. The van der Waals surface area contributed by atoms with Crippen LogP contribution in [0.5, 0.6) is 0 Å². The van der Waals surface area contributed by atoms with Gasteiger partial charge in [-0.1, -0.05) is 13.8 Å². The molecule has 1 nitrogen and oxygen atoms in total. The highest BCUT2D eigenvalue weighted by molar-refractivity contribution is 5.65. The Balaban J connectivity index is 2.63. The molecule has 2 rings (SSSR count). The second-order valence-electron chi connectivity index (χ2n) is 4.60. The molecular formula is C14H15F2N. The van der Waals surface area contributed by atoms with Crippen molar-refractivity contribution >= 4 is 0 Å². The van der Waals surface area contributed by atoms with Crippen LogP contribution in [-0.4, -0.2) is 4.98 Å². The second kappa shape index (κ2) is 4.32. The minimum absolute atomic E-state index is 0.142. The molecule has 0 saturated heterocycles. The SMILES string of the molecule is Cc1c[nH]c(-c2cc(F)c(F)cc2C(C)C)c1. The van der Waals surface area contributed by atoms with Crippen LogP contribution in [0, 0.1) is 18.6 Å². The van der Waals surface area contributed by atoms with Gasteiger partial charge in [0.15, 0.2) is 11.6 Å². The van der Waals surface area contributed by atoms with Gasteiger partial charge in [-0.15, -0.1) is 0 Å². The van der Waals surface area contributed by atoms with E-state index in [9.17, 15) is 8.78 Å². The van der Waals surface area contributed by atoms with E-state index in [1.165, 1.54) is 12.1 Å². The number of halogens is 2. The lowest BCUT2D eigenvalue weighted by molar-refractivity contribution is 0.506. The van der Waals surface area contributed by atoms with Gasteiger partial charge in [-0.25, -0.2) is 8.78 Å². The first-order chi connectivity index (χ1) is 7.99. The van der Waals surface area contributed by atoms with Crippen LogP contribution in [0.2, 0.25) is 0 Å². The number of rotatable bonds is 2. The fourth-order valence-corrected chi connectivity index (χ4v) is 1.93. The zero-order chi connectivity index (χ0) is 12.6. The average Bonchev–Trinajstić information content (AvgIpc) is 2.68. The summed E-state index contributed by atoms with van der Waals surface area (Å²) in [6.45, 7) is 5.88. The Morgan fingerprint density at radius 3 is 2.24 bits per heavy atom. The van der Waals surface area contributed by atoms with Gasteiger partial charge >= 0.3 is 0 Å². The third-order valence-corrected chi connectivity index (χ3v) is 2.83. The van der Waals surface area contributed by atoms with Gasteiger partial charge < -0.3 is 4.98 Å². The summed E-state index contributed by atoms with van der Waals surface area (Å²) in [5, 5.41) is 0. The van der Waals surface area contributed by atoms with E-state index in [-0.39, 0.29) is 5.92 Å². The van der Waals surface area contributed by atoms with Crippen LogP contribution in [0.3, 0.4) is 0 Å². The number of nitrogens with one attached hydrogen (secondary N) is 1. The lowest BCUT2D eigenvalue weighted by Crippen LogP contribution is -1.97. The van der Waals surface area contributed by atoms with Crippen molar-refractivity contribution in [1.82, 2.24) is 4.98 Å². The lowest BCUT2D eigenvalue weighted by Gasteiger charge is -2.12. The molecule has 0 amide bonds. The van der Waals surface area contributed by atoms with E-state index < -0.39 is 11.6 Å². The quantitative estimate of drug-likeness (QED) is 0.794. The first kappa shape index (κ1) is 11.8. The number of hydrogen-bond acceptors (Lipinski definition) is 0. The van der Waals surface area contributed by atoms with Crippen molar-refractivity contribution in [2.75, 3.05) is 0 Å². The van der Waals surface area contributed by atoms with Crippen molar-refractivity contribution in [2.45, 2.75) is 26.7 Å². The van der Waals surface area contributed by atoms with Gasteiger partial charge in [0.2, 0.25) is 0 Å². The molecule has 0 unspecified atom stereocenters. The highest BCUT2D eigenvalue weighted by atomic mass is 19.2. The average molecular weight is 235 g/mol. The molecule has 0 bridgehead atoms. The lowest BCUT2D eigenvalue weighted by atomic mass is 9.95. The van der Waals surface area contributed by atoms with Gasteiger partial charge in [0.25, 0.3) is 0 Å².